The summed E-state index contributed by atoms with van der Waals surface area (Å²) in [6.45, 7) is 1.06. The van der Waals surface area contributed by atoms with E-state index in [0.29, 0.717) is 6.42 Å². The molecule has 0 aliphatic rings. The average molecular weight is 450 g/mol. The highest BCUT2D eigenvalue weighted by molar-refractivity contribution is 5.93. The molecule has 0 heterocycles. The largest absolute Gasteiger partial charge is 0.480 e. The molecule has 0 saturated heterocycles. The van der Waals surface area contributed by atoms with Gasteiger partial charge in [-0.05, 0) is 31.7 Å². The van der Waals surface area contributed by atoms with E-state index in [1.807, 2.05) is 30.3 Å². The van der Waals surface area contributed by atoms with Crippen molar-refractivity contribution < 1.29 is 24.3 Å². The predicted molar refractivity (Wildman–Crippen MR) is 118 cm³/mol. The molecule has 176 valence electrons. The second-order valence-corrected chi connectivity index (χ2v) is 7.15. The van der Waals surface area contributed by atoms with Crippen LogP contribution in [0.5, 0.6) is 0 Å². The SMILES string of the molecule is C[C@H](NC(=O)[C@H](CCCN=C(N)N)NC(=O)[C@@H](N)Cc1ccccc1)C(=O)NCC(=O)O. The Kier molecular flexibility index (Phi) is 11.2. The normalized spacial score (nSPS) is 13.2. The average Bonchev–Trinajstić information content (AvgIpc) is 2.74. The van der Waals surface area contributed by atoms with E-state index < -0.39 is 48.4 Å². The lowest BCUT2D eigenvalue weighted by Gasteiger charge is -2.22. The van der Waals surface area contributed by atoms with Crippen LogP contribution in [0.15, 0.2) is 35.3 Å². The maximum Gasteiger partial charge on any atom is 0.322 e. The minimum atomic E-state index is -1.21. The van der Waals surface area contributed by atoms with Crippen molar-refractivity contribution in [1.82, 2.24) is 16.0 Å². The summed E-state index contributed by atoms with van der Waals surface area (Å²) in [6.07, 6.45) is 0.850. The zero-order chi connectivity index (χ0) is 24.1. The zero-order valence-corrected chi connectivity index (χ0v) is 17.9. The van der Waals surface area contributed by atoms with Gasteiger partial charge in [0.2, 0.25) is 17.7 Å². The molecule has 10 N–H and O–H groups in total. The van der Waals surface area contributed by atoms with Crippen LogP contribution in [0.25, 0.3) is 0 Å². The molecule has 12 heteroatoms. The highest BCUT2D eigenvalue weighted by Gasteiger charge is 2.26. The van der Waals surface area contributed by atoms with Gasteiger partial charge in [0, 0.05) is 6.54 Å². The molecule has 0 bridgehead atoms. The highest BCUT2D eigenvalue weighted by atomic mass is 16.4. The van der Waals surface area contributed by atoms with Gasteiger partial charge in [0.15, 0.2) is 5.96 Å². The molecule has 0 unspecified atom stereocenters. The zero-order valence-electron chi connectivity index (χ0n) is 17.9. The molecule has 1 aromatic rings. The van der Waals surface area contributed by atoms with Crippen molar-refractivity contribution >= 4 is 29.7 Å². The van der Waals surface area contributed by atoms with E-state index in [2.05, 4.69) is 20.9 Å². The first-order chi connectivity index (χ1) is 15.1. The summed E-state index contributed by atoms with van der Waals surface area (Å²) in [4.78, 5) is 51.6. The summed E-state index contributed by atoms with van der Waals surface area (Å²) in [6, 6.07) is 6.29. The molecule has 0 radical (unpaired) electrons. The van der Waals surface area contributed by atoms with E-state index >= 15 is 0 Å². The van der Waals surface area contributed by atoms with Crippen LogP contribution in [-0.2, 0) is 25.6 Å². The minimum Gasteiger partial charge on any atom is -0.480 e. The third kappa shape index (κ3) is 10.4. The molecule has 32 heavy (non-hydrogen) atoms. The lowest BCUT2D eigenvalue weighted by molar-refractivity contribution is -0.138. The fourth-order valence-electron chi connectivity index (χ4n) is 2.71. The van der Waals surface area contributed by atoms with Crippen LogP contribution < -0.4 is 33.2 Å². The Hall–Kier alpha value is -3.67. The van der Waals surface area contributed by atoms with Gasteiger partial charge in [-0.3, -0.25) is 24.2 Å². The van der Waals surface area contributed by atoms with Gasteiger partial charge in [-0.1, -0.05) is 30.3 Å². The van der Waals surface area contributed by atoms with E-state index in [0.717, 1.165) is 5.56 Å². The number of amides is 3. The van der Waals surface area contributed by atoms with Crippen molar-refractivity contribution in [2.45, 2.75) is 44.3 Å². The molecule has 0 aliphatic carbocycles. The number of hydrogen-bond donors (Lipinski definition) is 7. The lowest BCUT2D eigenvalue weighted by atomic mass is 10.0. The maximum atomic E-state index is 12.7. The summed E-state index contributed by atoms with van der Waals surface area (Å²) < 4.78 is 0. The number of carboxylic acids is 1. The van der Waals surface area contributed by atoms with Gasteiger partial charge in [-0.15, -0.1) is 0 Å². The van der Waals surface area contributed by atoms with Crippen LogP contribution in [-0.4, -0.2) is 66.0 Å². The van der Waals surface area contributed by atoms with Gasteiger partial charge in [-0.25, -0.2) is 0 Å². The standard InChI is InChI=1S/C20H31N7O5/c1-12(17(30)25-11-16(28)29)26-19(32)15(8-5-9-24-20(22)23)27-18(31)14(21)10-13-6-3-2-4-7-13/h2-4,6-7,12,14-15H,5,8-11,21H2,1H3,(H,25,30)(H,26,32)(H,27,31)(H,28,29)(H4,22,23,24)/t12-,14-,15-/m0/s1. The van der Waals surface area contributed by atoms with E-state index in [9.17, 15) is 19.2 Å². The Balaban J connectivity index is 2.75. The second kappa shape index (κ2) is 13.6. The van der Waals surface area contributed by atoms with Gasteiger partial charge in [0.05, 0.1) is 6.04 Å². The first kappa shape index (κ1) is 26.4. The number of carbonyl (C=O) groups is 4. The summed E-state index contributed by atoms with van der Waals surface area (Å²) in [5.41, 5.74) is 17.4. The molecular formula is C20H31N7O5. The van der Waals surface area contributed by atoms with Crippen molar-refractivity contribution in [3.8, 4) is 0 Å². The van der Waals surface area contributed by atoms with E-state index in [-0.39, 0.29) is 25.3 Å². The number of carboxylic acid groups (broad SMARTS) is 1. The first-order valence-electron chi connectivity index (χ1n) is 10.0. The summed E-state index contributed by atoms with van der Waals surface area (Å²) in [5, 5.41) is 15.9. The number of rotatable bonds is 13. The molecule has 3 amide bonds. The molecular weight excluding hydrogens is 418 g/mol. The topological polar surface area (TPSA) is 215 Å². The predicted octanol–water partition coefficient (Wildman–Crippen LogP) is -2.20. The molecule has 0 fully saturated rings. The van der Waals surface area contributed by atoms with Gasteiger partial charge >= 0.3 is 5.97 Å². The van der Waals surface area contributed by atoms with Gasteiger partial charge < -0.3 is 38.3 Å². The van der Waals surface area contributed by atoms with Gasteiger partial charge in [0.1, 0.15) is 18.6 Å². The molecule has 3 atom stereocenters. The number of nitrogens with zero attached hydrogens (tertiary/aromatic N) is 1. The number of benzene rings is 1. The van der Waals surface area contributed by atoms with E-state index in [4.69, 9.17) is 22.3 Å². The molecule has 1 aromatic carbocycles. The van der Waals surface area contributed by atoms with Crippen molar-refractivity contribution in [2.24, 2.45) is 22.2 Å². The number of guanidine groups is 1. The second-order valence-electron chi connectivity index (χ2n) is 7.15. The smallest absolute Gasteiger partial charge is 0.322 e. The Morgan fingerprint density at radius 3 is 2.28 bits per heavy atom. The Bertz CT molecular complexity index is 812. The highest BCUT2D eigenvalue weighted by Crippen LogP contribution is 2.04. The van der Waals surface area contributed by atoms with Crippen LogP contribution in [0.2, 0.25) is 0 Å². The van der Waals surface area contributed by atoms with Crippen molar-refractivity contribution in [3.63, 3.8) is 0 Å². The summed E-state index contributed by atoms with van der Waals surface area (Å²) >= 11 is 0. The number of carbonyl (C=O) groups excluding carboxylic acids is 3. The maximum absolute atomic E-state index is 12.7. The van der Waals surface area contributed by atoms with Crippen LogP contribution >= 0.6 is 0 Å². The van der Waals surface area contributed by atoms with Gasteiger partial charge in [0.25, 0.3) is 0 Å². The summed E-state index contributed by atoms with van der Waals surface area (Å²) in [7, 11) is 0. The van der Waals surface area contributed by atoms with Crippen molar-refractivity contribution in [3.05, 3.63) is 35.9 Å². The minimum absolute atomic E-state index is 0.0938. The third-order valence-corrected chi connectivity index (χ3v) is 4.38. The first-order valence-corrected chi connectivity index (χ1v) is 10.0. The molecule has 0 spiro atoms. The molecule has 0 saturated carbocycles. The number of hydrogen-bond acceptors (Lipinski definition) is 6. The van der Waals surface area contributed by atoms with E-state index in [1.165, 1.54) is 6.92 Å². The molecule has 1 rings (SSSR count). The fourth-order valence-corrected chi connectivity index (χ4v) is 2.71. The number of aliphatic imine (C=N–C) groups is 1. The van der Waals surface area contributed by atoms with Crippen LogP contribution in [0.4, 0.5) is 0 Å². The quantitative estimate of drug-likeness (QED) is 0.0993. The Morgan fingerprint density at radius 1 is 1.03 bits per heavy atom. The number of nitrogens with two attached hydrogens (primary N) is 3. The van der Waals surface area contributed by atoms with E-state index in [1.54, 1.807) is 0 Å². The summed E-state index contributed by atoms with van der Waals surface area (Å²) in [5.74, 6) is -3.13. The molecule has 0 aliphatic heterocycles. The number of aliphatic carboxylic acids is 1. The van der Waals surface area contributed by atoms with Crippen LogP contribution in [0.3, 0.4) is 0 Å². The third-order valence-electron chi connectivity index (χ3n) is 4.38. The monoisotopic (exact) mass is 449 g/mol. The molecule has 0 aromatic heterocycles. The Labute approximate surface area is 186 Å². The van der Waals surface area contributed by atoms with Crippen molar-refractivity contribution in [1.29, 1.82) is 0 Å². The molecule has 12 nitrogen and oxygen atoms in total. The van der Waals surface area contributed by atoms with Crippen LogP contribution in [0.1, 0.15) is 25.3 Å². The van der Waals surface area contributed by atoms with Crippen molar-refractivity contribution in [2.75, 3.05) is 13.1 Å². The fraction of sp³-hybridized carbons (Fsp3) is 0.450. The van der Waals surface area contributed by atoms with Gasteiger partial charge in [-0.2, -0.15) is 0 Å². The Morgan fingerprint density at radius 2 is 1.69 bits per heavy atom. The van der Waals surface area contributed by atoms with Crippen LogP contribution in [0, 0.1) is 0 Å². The number of nitrogens with one attached hydrogen (secondary N) is 3. The lowest BCUT2D eigenvalue weighted by Crippen LogP contribution is -2.55.